The number of likely N-dealkylation sites (tertiary alicyclic amines) is 1. The largest absolute Gasteiger partial charge is 0.372 e. The molecule has 2 aliphatic rings. The van der Waals surface area contributed by atoms with Crippen LogP contribution >= 0.6 is 0 Å². The Hall–Kier alpha value is -2.33. The number of nitrogens with zero attached hydrogens (tertiary/aromatic N) is 2. The molecule has 2 fully saturated rings. The summed E-state index contributed by atoms with van der Waals surface area (Å²) in [7, 11) is 0. The highest BCUT2D eigenvalue weighted by atomic mass is 16.1. The lowest BCUT2D eigenvalue weighted by molar-refractivity contribution is 0.0924. The molecule has 0 aliphatic carbocycles. The summed E-state index contributed by atoms with van der Waals surface area (Å²) in [6, 6.07) is 18.9. The molecule has 0 radical (unpaired) electrons. The molecular formula is C24H31N3O. The van der Waals surface area contributed by atoms with Crippen LogP contribution in [0, 0.1) is 0 Å². The van der Waals surface area contributed by atoms with Gasteiger partial charge in [-0.15, -0.1) is 0 Å². The van der Waals surface area contributed by atoms with Gasteiger partial charge in [-0.2, -0.15) is 0 Å². The molecule has 1 N–H and O–H groups in total. The highest BCUT2D eigenvalue weighted by Gasteiger charge is 2.23. The number of benzene rings is 2. The monoisotopic (exact) mass is 377 g/mol. The smallest absolute Gasteiger partial charge is 0.251 e. The van der Waals surface area contributed by atoms with Gasteiger partial charge < -0.3 is 10.2 Å². The van der Waals surface area contributed by atoms with E-state index in [0.29, 0.717) is 6.54 Å². The third-order valence-corrected chi connectivity index (χ3v) is 6.07. The predicted octanol–water partition coefficient (Wildman–Crippen LogP) is 4.24. The molecule has 2 saturated heterocycles. The van der Waals surface area contributed by atoms with Crippen LogP contribution in [0.5, 0.6) is 0 Å². The second kappa shape index (κ2) is 9.24. The number of rotatable bonds is 6. The lowest BCUT2D eigenvalue weighted by Gasteiger charge is -2.35. The van der Waals surface area contributed by atoms with Gasteiger partial charge >= 0.3 is 0 Å². The third-order valence-electron chi connectivity index (χ3n) is 6.07. The van der Waals surface area contributed by atoms with Gasteiger partial charge in [0.05, 0.1) is 6.04 Å². The average molecular weight is 378 g/mol. The lowest BCUT2D eigenvalue weighted by Crippen LogP contribution is -2.40. The SMILES string of the molecule is O=C(NC[C@H](c1ccccc1)N1CCCCC1)c1ccc(N2CCCC2)cc1. The molecule has 148 valence electrons. The zero-order valence-corrected chi connectivity index (χ0v) is 16.6. The first-order valence-electron chi connectivity index (χ1n) is 10.7. The minimum atomic E-state index is 0.0194. The molecule has 2 heterocycles. The Bertz CT molecular complexity index is 747. The van der Waals surface area contributed by atoms with Crippen molar-refractivity contribution in [1.29, 1.82) is 0 Å². The van der Waals surface area contributed by atoms with Gasteiger partial charge in [-0.05, 0) is 68.6 Å². The van der Waals surface area contributed by atoms with Gasteiger partial charge in [0.2, 0.25) is 0 Å². The van der Waals surface area contributed by atoms with Crippen molar-refractivity contribution in [2.24, 2.45) is 0 Å². The van der Waals surface area contributed by atoms with E-state index in [2.05, 4.69) is 57.6 Å². The van der Waals surface area contributed by atoms with E-state index in [1.54, 1.807) is 0 Å². The van der Waals surface area contributed by atoms with Crippen molar-refractivity contribution in [2.75, 3.05) is 37.6 Å². The molecule has 0 saturated carbocycles. The van der Waals surface area contributed by atoms with Crippen LogP contribution in [0.15, 0.2) is 54.6 Å². The zero-order chi connectivity index (χ0) is 19.2. The number of nitrogens with one attached hydrogen (secondary N) is 1. The molecule has 2 aromatic rings. The Morgan fingerprint density at radius 1 is 0.821 bits per heavy atom. The summed E-state index contributed by atoms with van der Waals surface area (Å²) in [4.78, 5) is 17.7. The molecule has 0 aromatic heterocycles. The van der Waals surface area contributed by atoms with Crippen LogP contribution < -0.4 is 10.2 Å². The molecule has 2 aliphatic heterocycles. The molecule has 4 nitrogen and oxygen atoms in total. The van der Waals surface area contributed by atoms with E-state index >= 15 is 0 Å². The molecule has 0 bridgehead atoms. The van der Waals surface area contributed by atoms with Crippen molar-refractivity contribution >= 4 is 11.6 Å². The van der Waals surface area contributed by atoms with Gasteiger partial charge in [-0.3, -0.25) is 9.69 Å². The van der Waals surface area contributed by atoms with Crippen molar-refractivity contribution in [3.63, 3.8) is 0 Å². The fourth-order valence-electron chi connectivity index (χ4n) is 4.45. The van der Waals surface area contributed by atoms with E-state index in [1.165, 1.54) is 43.4 Å². The maximum atomic E-state index is 12.8. The van der Waals surface area contributed by atoms with Crippen molar-refractivity contribution in [3.05, 3.63) is 65.7 Å². The van der Waals surface area contributed by atoms with Crippen LogP contribution in [0.1, 0.15) is 54.1 Å². The van der Waals surface area contributed by atoms with E-state index in [1.807, 2.05) is 12.1 Å². The van der Waals surface area contributed by atoms with Gasteiger partial charge in [-0.25, -0.2) is 0 Å². The van der Waals surface area contributed by atoms with E-state index in [0.717, 1.165) is 31.7 Å². The van der Waals surface area contributed by atoms with Gasteiger partial charge in [-0.1, -0.05) is 36.8 Å². The van der Waals surface area contributed by atoms with E-state index in [-0.39, 0.29) is 11.9 Å². The van der Waals surface area contributed by atoms with E-state index in [4.69, 9.17) is 0 Å². The molecule has 28 heavy (non-hydrogen) atoms. The molecule has 0 unspecified atom stereocenters. The molecule has 4 rings (SSSR count). The fourth-order valence-corrected chi connectivity index (χ4v) is 4.45. The van der Waals surface area contributed by atoms with Crippen LogP contribution in [0.25, 0.3) is 0 Å². The summed E-state index contributed by atoms with van der Waals surface area (Å²) in [6.45, 7) is 5.12. The third kappa shape index (κ3) is 4.56. The normalized spacial score (nSPS) is 18.8. The topological polar surface area (TPSA) is 35.6 Å². The summed E-state index contributed by atoms with van der Waals surface area (Å²) in [5.74, 6) is 0.0194. The predicted molar refractivity (Wildman–Crippen MR) is 115 cm³/mol. The number of carbonyl (C=O) groups is 1. The highest BCUT2D eigenvalue weighted by molar-refractivity contribution is 5.94. The standard InChI is InChI=1S/C24H31N3O/c28-24(21-11-13-22(14-12-21)26-15-7-8-16-26)25-19-23(20-9-3-1-4-10-20)27-17-5-2-6-18-27/h1,3-4,9-14,23H,2,5-8,15-19H2,(H,25,28)/t23-/m1/s1. The second-order valence-corrected chi connectivity index (χ2v) is 7.97. The maximum absolute atomic E-state index is 12.8. The second-order valence-electron chi connectivity index (χ2n) is 7.97. The van der Waals surface area contributed by atoms with Crippen LogP contribution in [-0.4, -0.2) is 43.5 Å². The molecule has 1 atom stereocenters. The quantitative estimate of drug-likeness (QED) is 0.818. The Balaban J connectivity index is 1.40. The van der Waals surface area contributed by atoms with Gasteiger partial charge in [0, 0.05) is 30.9 Å². The summed E-state index contributed by atoms with van der Waals surface area (Å²) < 4.78 is 0. The van der Waals surface area contributed by atoms with Crippen molar-refractivity contribution < 1.29 is 4.79 Å². The number of hydrogen-bond acceptors (Lipinski definition) is 3. The minimum Gasteiger partial charge on any atom is -0.372 e. The van der Waals surface area contributed by atoms with E-state index in [9.17, 15) is 4.79 Å². The fraction of sp³-hybridized carbons (Fsp3) is 0.458. The van der Waals surface area contributed by atoms with Crippen LogP contribution in [0.3, 0.4) is 0 Å². The lowest BCUT2D eigenvalue weighted by atomic mass is 10.0. The first kappa shape index (κ1) is 19.0. The highest BCUT2D eigenvalue weighted by Crippen LogP contribution is 2.24. The Morgan fingerprint density at radius 3 is 2.14 bits per heavy atom. The minimum absolute atomic E-state index is 0.0194. The maximum Gasteiger partial charge on any atom is 0.251 e. The molecule has 0 spiro atoms. The van der Waals surface area contributed by atoms with Gasteiger partial charge in [0.25, 0.3) is 5.91 Å². The van der Waals surface area contributed by atoms with Crippen molar-refractivity contribution in [1.82, 2.24) is 10.2 Å². The summed E-state index contributed by atoms with van der Waals surface area (Å²) in [6.07, 6.45) is 6.33. The number of carbonyl (C=O) groups excluding carboxylic acids is 1. The molecule has 1 amide bonds. The van der Waals surface area contributed by atoms with Gasteiger partial charge in [0.15, 0.2) is 0 Å². The molecule has 4 heteroatoms. The number of amides is 1. The number of piperidine rings is 1. The Morgan fingerprint density at radius 2 is 1.46 bits per heavy atom. The first-order valence-corrected chi connectivity index (χ1v) is 10.7. The van der Waals surface area contributed by atoms with Crippen LogP contribution in [0.2, 0.25) is 0 Å². The van der Waals surface area contributed by atoms with E-state index < -0.39 is 0 Å². The summed E-state index contributed by atoms with van der Waals surface area (Å²) in [5.41, 5.74) is 3.26. The number of anilines is 1. The number of hydrogen-bond donors (Lipinski definition) is 1. The average Bonchev–Trinajstić information content (AvgIpc) is 3.30. The summed E-state index contributed by atoms with van der Waals surface area (Å²) >= 11 is 0. The van der Waals surface area contributed by atoms with Crippen LogP contribution in [0.4, 0.5) is 5.69 Å². The first-order chi connectivity index (χ1) is 13.8. The van der Waals surface area contributed by atoms with Crippen molar-refractivity contribution in [3.8, 4) is 0 Å². The Kier molecular flexibility index (Phi) is 6.27. The van der Waals surface area contributed by atoms with Gasteiger partial charge in [0.1, 0.15) is 0 Å². The Labute approximate surface area is 168 Å². The molecular weight excluding hydrogens is 346 g/mol. The molecule has 2 aromatic carbocycles. The van der Waals surface area contributed by atoms with Crippen LogP contribution in [-0.2, 0) is 0 Å². The summed E-state index contributed by atoms with van der Waals surface area (Å²) in [5, 5.41) is 3.19. The zero-order valence-electron chi connectivity index (χ0n) is 16.6. The van der Waals surface area contributed by atoms with Crippen molar-refractivity contribution in [2.45, 2.75) is 38.1 Å².